The van der Waals surface area contributed by atoms with Gasteiger partial charge in [-0.3, -0.25) is 15.0 Å². The average Bonchev–Trinajstić information content (AvgIpc) is 3.05. The van der Waals surface area contributed by atoms with Crippen LogP contribution in [0.4, 0.5) is 0 Å². The predicted molar refractivity (Wildman–Crippen MR) is 64.0 cm³/mol. The molecule has 2 rings (SSSR count). The molecule has 1 saturated heterocycles. The molecule has 16 heavy (non-hydrogen) atoms. The Morgan fingerprint density at radius 3 is 2.81 bits per heavy atom. The summed E-state index contributed by atoms with van der Waals surface area (Å²) in [5.41, 5.74) is 0. The third-order valence-corrected chi connectivity index (χ3v) is 3.85. The van der Waals surface area contributed by atoms with Crippen LogP contribution in [0.2, 0.25) is 0 Å². The molecule has 1 N–H and O–H groups in total. The van der Waals surface area contributed by atoms with Gasteiger partial charge in [0, 0.05) is 18.6 Å². The van der Waals surface area contributed by atoms with Crippen molar-refractivity contribution in [1.29, 1.82) is 0 Å². The molecule has 92 valence electrons. The molecule has 1 heterocycles. The fourth-order valence-electron chi connectivity index (χ4n) is 2.44. The van der Waals surface area contributed by atoms with Crippen molar-refractivity contribution in [3.8, 4) is 0 Å². The number of nitrogens with one attached hydrogen (secondary N) is 1. The number of carbonyl (C=O) groups excluding carboxylic acids is 1. The van der Waals surface area contributed by atoms with Crippen molar-refractivity contribution in [3.05, 3.63) is 0 Å². The van der Waals surface area contributed by atoms with E-state index in [0.717, 1.165) is 19.0 Å². The Bertz CT molecular complexity index is 265. The lowest BCUT2D eigenvalue weighted by Gasteiger charge is -2.31. The van der Waals surface area contributed by atoms with E-state index < -0.39 is 0 Å². The van der Waals surface area contributed by atoms with E-state index in [0.29, 0.717) is 12.6 Å². The molecule has 1 aliphatic heterocycles. The summed E-state index contributed by atoms with van der Waals surface area (Å²) in [5.74, 6) is 0.253. The van der Waals surface area contributed by atoms with E-state index in [2.05, 4.69) is 31.1 Å². The second kappa shape index (κ2) is 4.72. The standard InChI is InChI=1S/C12H23N3O/c1-4-11-13-7-12(16)15(11)8-9(2)14(3)10-5-6-10/h9-11,13H,4-8H2,1-3H3. The quantitative estimate of drug-likeness (QED) is 0.746. The number of amides is 1. The van der Waals surface area contributed by atoms with Gasteiger partial charge in [0.15, 0.2) is 0 Å². The van der Waals surface area contributed by atoms with Gasteiger partial charge in [0.25, 0.3) is 0 Å². The first-order valence-electron chi connectivity index (χ1n) is 6.38. The van der Waals surface area contributed by atoms with Gasteiger partial charge in [-0.25, -0.2) is 0 Å². The largest absolute Gasteiger partial charge is 0.325 e. The normalized spacial score (nSPS) is 27.9. The maximum Gasteiger partial charge on any atom is 0.237 e. The molecule has 0 bridgehead atoms. The zero-order valence-corrected chi connectivity index (χ0v) is 10.6. The van der Waals surface area contributed by atoms with Gasteiger partial charge in [-0.05, 0) is 33.2 Å². The third kappa shape index (κ3) is 2.38. The van der Waals surface area contributed by atoms with Gasteiger partial charge in [0.1, 0.15) is 0 Å². The van der Waals surface area contributed by atoms with Crippen LogP contribution in [-0.4, -0.2) is 54.1 Å². The lowest BCUT2D eigenvalue weighted by atomic mass is 10.2. The van der Waals surface area contributed by atoms with Gasteiger partial charge in [0.05, 0.1) is 12.7 Å². The number of carbonyl (C=O) groups is 1. The molecular weight excluding hydrogens is 202 g/mol. The Balaban J connectivity index is 1.88. The van der Waals surface area contributed by atoms with Gasteiger partial charge < -0.3 is 4.90 Å². The van der Waals surface area contributed by atoms with Crippen molar-refractivity contribution in [3.63, 3.8) is 0 Å². The van der Waals surface area contributed by atoms with E-state index in [1.54, 1.807) is 0 Å². The average molecular weight is 225 g/mol. The van der Waals surface area contributed by atoms with Gasteiger partial charge in [-0.1, -0.05) is 6.92 Å². The number of rotatable bonds is 5. The number of hydrogen-bond donors (Lipinski definition) is 1. The Morgan fingerprint density at radius 2 is 2.25 bits per heavy atom. The molecular formula is C12H23N3O. The highest BCUT2D eigenvalue weighted by molar-refractivity contribution is 5.80. The lowest BCUT2D eigenvalue weighted by molar-refractivity contribution is -0.128. The fourth-order valence-corrected chi connectivity index (χ4v) is 2.44. The second-order valence-electron chi connectivity index (χ2n) is 5.10. The first-order chi connectivity index (χ1) is 7.63. The molecule has 4 nitrogen and oxygen atoms in total. The molecule has 1 amide bonds. The maximum absolute atomic E-state index is 11.7. The summed E-state index contributed by atoms with van der Waals surface area (Å²) >= 11 is 0. The van der Waals surface area contributed by atoms with Crippen LogP contribution in [0.15, 0.2) is 0 Å². The smallest absolute Gasteiger partial charge is 0.237 e. The van der Waals surface area contributed by atoms with E-state index in [-0.39, 0.29) is 12.1 Å². The minimum Gasteiger partial charge on any atom is -0.325 e. The molecule has 2 unspecified atom stereocenters. The highest BCUT2D eigenvalue weighted by atomic mass is 16.2. The molecule has 4 heteroatoms. The molecule has 1 aliphatic carbocycles. The van der Waals surface area contributed by atoms with Crippen LogP contribution < -0.4 is 5.32 Å². The number of likely N-dealkylation sites (N-methyl/N-ethyl adjacent to an activating group) is 1. The van der Waals surface area contributed by atoms with Crippen LogP contribution in [0.25, 0.3) is 0 Å². The summed E-state index contributed by atoms with van der Waals surface area (Å²) in [6.07, 6.45) is 3.89. The first kappa shape index (κ1) is 11.9. The number of nitrogens with zero attached hydrogens (tertiary/aromatic N) is 2. The predicted octanol–water partition coefficient (Wildman–Crippen LogP) is 0.637. The fraction of sp³-hybridized carbons (Fsp3) is 0.917. The molecule has 2 aliphatic rings. The van der Waals surface area contributed by atoms with Gasteiger partial charge in [-0.15, -0.1) is 0 Å². The van der Waals surface area contributed by atoms with Crippen molar-refractivity contribution in [2.75, 3.05) is 20.1 Å². The molecule has 0 aromatic rings. The minimum absolute atomic E-state index is 0.252. The van der Waals surface area contributed by atoms with Gasteiger partial charge in [-0.2, -0.15) is 0 Å². The summed E-state index contributed by atoms with van der Waals surface area (Å²) in [6.45, 7) is 5.71. The maximum atomic E-state index is 11.7. The van der Waals surface area contributed by atoms with Crippen LogP contribution in [0, 0.1) is 0 Å². The Morgan fingerprint density at radius 1 is 1.56 bits per heavy atom. The third-order valence-electron chi connectivity index (χ3n) is 3.85. The van der Waals surface area contributed by atoms with E-state index >= 15 is 0 Å². The van der Waals surface area contributed by atoms with E-state index in [4.69, 9.17) is 0 Å². The molecule has 0 radical (unpaired) electrons. The van der Waals surface area contributed by atoms with E-state index in [9.17, 15) is 4.79 Å². The molecule has 0 aromatic carbocycles. The summed E-state index contributed by atoms with van der Waals surface area (Å²) in [6, 6.07) is 1.23. The van der Waals surface area contributed by atoms with Crippen molar-refractivity contribution in [2.24, 2.45) is 0 Å². The van der Waals surface area contributed by atoms with Crippen molar-refractivity contribution in [2.45, 2.75) is 51.4 Å². The molecule has 1 saturated carbocycles. The molecule has 0 spiro atoms. The topological polar surface area (TPSA) is 35.6 Å². The second-order valence-corrected chi connectivity index (χ2v) is 5.10. The highest BCUT2D eigenvalue weighted by Gasteiger charge is 2.34. The minimum atomic E-state index is 0.252. The summed E-state index contributed by atoms with van der Waals surface area (Å²) < 4.78 is 0. The summed E-state index contributed by atoms with van der Waals surface area (Å²) in [4.78, 5) is 16.2. The zero-order valence-electron chi connectivity index (χ0n) is 10.6. The summed E-state index contributed by atoms with van der Waals surface area (Å²) in [5, 5.41) is 3.25. The Hall–Kier alpha value is -0.610. The molecule has 2 fully saturated rings. The Kier molecular flexibility index (Phi) is 3.50. The Labute approximate surface area is 98.0 Å². The van der Waals surface area contributed by atoms with Crippen LogP contribution in [0.1, 0.15) is 33.1 Å². The van der Waals surface area contributed by atoms with Crippen molar-refractivity contribution >= 4 is 5.91 Å². The highest BCUT2D eigenvalue weighted by Crippen LogP contribution is 2.27. The zero-order chi connectivity index (χ0) is 11.7. The first-order valence-corrected chi connectivity index (χ1v) is 6.38. The van der Waals surface area contributed by atoms with Crippen LogP contribution in [-0.2, 0) is 4.79 Å². The van der Waals surface area contributed by atoms with Crippen LogP contribution in [0.5, 0.6) is 0 Å². The molecule has 2 atom stereocenters. The van der Waals surface area contributed by atoms with Crippen LogP contribution in [0.3, 0.4) is 0 Å². The monoisotopic (exact) mass is 225 g/mol. The van der Waals surface area contributed by atoms with E-state index in [1.165, 1.54) is 12.8 Å². The SMILES string of the molecule is CCC1NCC(=O)N1CC(C)N(C)C1CC1. The van der Waals surface area contributed by atoms with E-state index in [1.807, 2.05) is 4.90 Å². The van der Waals surface area contributed by atoms with Gasteiger partial charge >= 0.3 is 0 Å². The lowest BCUT2D eigenvalue weighted by Crippen LogP contribution is -2.46. The molecule has 0 aromatic heterocycles. The van der Waals surface area contributed by atoms with Crippen LogP contribution >= 0.6 is 0 Å². The van der Waals surface area contributed by atoms with Gasteiger partial charge in [0.2, 0.25) is 5.91 Å². The van der Waals surface area contributed by atoms with Crippen molar-refractivity contribution < 1.29 is 4.79 Å². The summed E-state index contributed by atoms with van der Waals surface area (Å²) in [7, 11) is 2.18. The number of hydrogen-bond acceptors (Lipinski definition) is 3. The van der Waals surface area contributed by atoms with Crippen molar-refractivity contribution in [1.82, 2.24) is 15.1 Å².